The molecule has 1 unspecified atom stereocenters. The van der Waals surface area contributed by atoms with Gasteiger partial charge in [-0.25, -0.2) is 4.68 Å². The molecule has 1 N–H and O–H groups in total. The smallest absolute Gasteiger partial charge is 0.226 e. The van der Waals surface area contributed by atoms with E-state index in [4.69, 9.17) is 22.0 Å². The normalized spacial score (nSPS) is 17.9. The van der Waals surface area contributed by atoms with E-state index < -0.39 is 0 Å². The number of aromatic nitrogens is 3. The van der Waals surface area contributed by atoms with Crippen molar-refractivity contribution in [3.05, 3.63) is 76.0 Å². The zero-order chi connectivity index (χ0) is 20.0. The van der Waals surface area contributed by atoms with Crippen LogP contribution >= 0.6 is 11.6 Å². The van der Waals surface area contributed by atoms with Crippen molar-refractivity contribution in [1.82, 2.24) is 14.8 Å². The molecule has 0 bridgehead atoms. The lowest BCUT2D eigenvalue weighted by Gasteiger charge is -2.32. The van der Waals surface area contributed by atoms with Gasteiger partial charge in [0, 0.05) is 28.3 Å². The first-order valence-electron chi connectivity index (χ1n) is 9.40. The zero-order valence-electron chi connectivity index (χ0n) is 15.4. The van der Waals surface area contributed by atoms with Gasteiger partial charge in [-0.2, -0.15) is 10.2 Å². The van der Waals surface area contributed by atoms with E-state index >= 15 is 0 Å². The molecule has 0 spiro atoms. The minimum atomic E-state index is -0.365. The van der Waals surface area contributed by atoms with Crippen LogP contribution in [0.4, 0.5) is 5.95 Å². The van der Waals surface area contributed by atoms with Gasteiger partial charge in [0.2, 0.25) is 5.95 Å². The number of ketones is 1. The maximum atomic E-state index is 12.8. The van der Waals surface area contributed by atoms with Crippen molar-refractivity contribution in [3.63, 3.8) is 0 Å². The molecule has 2 aliphatic rings. The number of benzene rings is 2. The van der Waals surface area contributed by atoms with Crippen LogP contribution in [0.5, 0.6) is 0 Å². The van der Waals surface area contributed by atoms with Crippen molar-refractivity contribution >= 4 is 23.3 Å². The van der Waals surface area contributed by atoms with Crippen molar-refractivity contribution < 1.29 is 4.79 Å². The molecule has 2 heterocycles. The third kappa shape index (κ3) is 3.00. The number of rotatable bonds is 2. The standard InChI is InChI=1S/C22H16ClN5O/c23-16-10-8-15(9-11-16)21-26-22-25-17-2-1-3-18(29)19(17)20(28(22)27-21)14-6-4-13(12-24)5-7-14/h4-11,20H,1-3H2,(H,25,26,27). The quantitative estimate of drug-likeness (QED) is 0.683. The second-order valence-corrected chi connectivity index (χ2v) is 7.58. The van der Waals surface area contributed by atoms with Crippen LogP contribution in [0, 0.1) is 11.3 Å². The Kier molecular flexibility index (Phi) is 4.18. The summed E-state index contributed by atoms with van der Waals surface area (Å²) in [5, 5.41) is 17.8. The highest BCUT2D eigenvalue weighted by molar-refractivity contribution is 6.30. The fourth-order valence-corrected chi connectivity index (χ4v) is 4.05. The zero-order valence-corrected chi connectivity index (χ0v) is 16.1. The van der Waals surface area contributed by atoms with E-state index in [-0.39, 0.29) is 11.8 Å². The highest BCUT2D eigenvalue weighted by Gasteiger charge is 2.36. The number of fused-ring (bicyclic) bond motifs is 1. The number of hydrogen-bond donors (Lipinski definition) is 1. The molecular formula is C22H16ClN5O. The Morgan fingerprint density at radius 2 is 1.86 bits per heavy atom. The fraction of sp³-hybridized carbons (Fsp3) is 0.182. The van der Waals surface area contributed by atoms with E-state index in [0.29, 0.717) is 28.8 Å². The van der Waals surface area contributed by atoms with Crippen LogP contribution in [-0.2, 0) is 4.79 Å². The highest BCUT2D eigenvalue weighted by Crippen LogP contribution is 2.40. The number of Topliss-reactive ketones (excluding diaryl/α,β-unsaturated/α-hetero) is 1. The summed E-state index contributed by atoms with van der Waals surface area (Å²) in [5.74, 6) is 1.30. The topological polar surface area (TPSA) is 83.6 Å². The van der Waals surface area contributed by atoms with Gasteiger partial charge in [-0.1, -0.05) is 23.7 Å². The summed E-state index contributed by atoms with van der Waals surface area (Å²) < 4.78 is 1.77. The van der Waals surface area contributed by atoms with Gasteiger partial charge in [0.1, 0.15) is 6.04 Å². The predicted octanol–water partition coefficient (Wildman–Crippen LogP) is 4.49. The van der Waals surface area contributed by atoms with Gasteiger partial charge < -0.3 is 5.32 Å². The number of carbonyl (C=O) groups is 1. The van der Waals surface area contributed by atoms with Crippen molar-refractivity contribution in [2.45, 2.75) is 25.3 Å². The van der Waals surface area contributed by atoms with Gasteiger partial charge in [0.05, 0.1) is 11.6 Å². The second-order valence-electron chi connectivity index (χ2n) is 7.14. The van der Waals surface area contributed by atoms with Crippen LogP contribution in [-0.4, -0.2) is 20.5 Å². The summed E-state index contributed by atoms with van der Waals surface area (Å²) in [7, 11) is 0. The molecule has 1 aromatic heterocycles. The molecule has 6 nitrogen and oxygen atoms in total. The van der Waals surface area contributed by atoms with E-state index in [1.54, 1.807) is 28.9 Å². The van der Waals surface area contributed by atoms with Crippen LogP contribution in [0.2, 0.25) is 5.02 Å². The molecule has 1 aliphatic carbocycles. The molecule has 0 saturated carbocycles. The van der Waals surface area contributed by atoms with Gasteiger partial charge in [-0.05, 0) is 54.8 Å². The first-order chi connectivity index (χ1) is 14.1. The molecule has 3 aromatic rings. The number of nitriles is 1. The van der Waals surface area contributed by atoms with Gasteiger partial charge in [0.25, 0.3) is 0 Å². The van der Waals surface area contributed by atoms with Crippen LogP contribution in [0.3, 0.4) is 0 Å². The van der Waals surface area contributed by atoms with E-state index in [2.05, 4.69) is 16.4 Å². The predicted molar refractivity (Wildman–Crippen MR) is 109 cm³/mol. The van der Waals surface area contributed by atoms with E-state index in [1.807, 2.05) is 24.3 Å². The molecule has 0 fully saturated rings. The van der Waals surface area contributed by atoms with Crippen molar-refractivity contribution in [1.29, 1.82) is 5.26 Å². The maximum absolute atomic E-state index is 12.8. The number of halogens is 1. The average molecular weight is 402 g/mol. The van der Waals surface area contributed by atoms with Gasteiger partial charge in [-0.15, -0.1) is 5.10 Å². The Bertz CT molecular complexity index is 1190. The SMILES string of the molecule is N#Cc1ccc(C2C3=C(CCCC3=O)Nc3nc(-c4ccc(Cl)cc4)nn32)cc1. The first kappa shape index (κ1) is 17.7. The largest absolute Gasteiger partial charge is 0.328 e. The van der Waals surface area contributed by atoms with E-state index in [1.165, 1.54) is 0 Å². The third-order valence-corrected chi connectivity index (χ3v) is 5.58. The van der Waals surface area contributed by atoms with Gasteiger partial charge >= 0.3 is 0 Å². The van der Waals surface area contributed by atoms with E-state index in [9.17, 15) is 4.79 Å². The molecule has 7 heteroatoms. The van der Waals surface area contributed by atoms with Crippen molar-refractivity contribution in [2.75, 3.05) is 5.32 Å². The summed E-state index contributed by atoms with van der Waals surface area (Å²) in [5.41, 5.74) is 3.98. The fourth-order valence-electron chi connectivity index (χ4n) is 3.93. The number of nitrogens with one attached hydrogen (secondary N) is 1. The van der Waals surface area contributed by atoms with Crippen molar-refractivity contribution in [3.8, 4) is 17.5 Å². The number of anilines is 1. The lowest BCUT2D eigenvalue weighted by atomic mass is 9.85. The minimum absolute atomic E-state index is 0.127. The molecule has 0 saturated heterocycles. The molecule has 1 aliphatic heterocycles. The molecule has 142 valence electrons. The number of carbonyl (C=O) groups excluding carboxylic acids is 1. The minimum Gasteiger partial charge on any atom is -0.328 e. The number of nitrogens with zero attached hydrogens (tertiary/aromatic N) is 4. The summed E-state index contributed by atoms with van der Waals surface area (Å²) in [6.45, 7) is 0. The second kappa shape index (κ2) is 6.87. The van der Waals surface area contributed by atoms with Crippen LogP contribution in [0.1, 0.15) is 36.4 Å². The first-order valence-corrected chi connectivity index (χ1v) is 9.77. The number of allylic oxidation sites excluding steroid dienone is 2. The summed E-state index contributed by atoms with van der Waals surface area (Å²) >= 11 is 6.00. The Morgan fingerprint density at radius 3 is 2.59 bits per heavy atom. The molecule has 29 heavy (non-hydrogen) atoms. The Labute approximate surface area is 172 Å². The van der Waals surface area contributed by atoms with E-state index in [0.717, 1.165) is 35.2 Å². The van der Waals surface area contributed by atoms with Crippen LogP contribution < -0.4 is 5.32 Å². The monoisotopic (exact) mass is 401 g/mol. The Morgan fingerprint density at radius 1 is 1.10 bits per heavy atom. The summed E-state index contributed by atoms with van der Waals surface area (Å²) in [6, 6.07) is 16.4. The third-order valence-electron chi connectivity index (χ3n) is 5.33. The highest BCUT2D eigenvalue weighted by atomic mass is 35.5. The molecule has 1 atom stereocenters. The molecular weight excluding hydrogens is 386 g/mol. The Hall–Kier alpha value is -3.43. The van der Waals surface area contributed by atoms with Crippen LogP contribution in [0.25, 0.3) is 11.4 Å². The lowest BCUT2D eigenvalue weighted by molar-refractivity contribution is -0.116. The van der Waals surface area contributed by atoms with Crippen molar-refractivity contribution in [2.24, 2.45) is 0 Å². The molecule has 0 radical (unpaired) electrons. The molecule has 0 amide bonds. The summed E-state index contributed by atoms with van der Waals surface area (Å²) in [6.07, 6.45) is 2.15. The van der Waals surface area contributed by atoms with Gasteiger partial charge in [0.15, 0.2) is 11.6 Å². The average Bonchev–Trinajstić information content (AvgIpc) is 3.17. The van der Waals surface area contributed by atoms with Gasteiger partial charge in [-0.3, -0.25) is 4.79 Å². The summed E-state index contributed by atoms with van der Waals surface area (Å²) in [4.78, 5) is 17.5. The Balaban J connectivity index is 1.66. The lowest BCUT2D eigenvalue weighted by Crippen LogP contribution is -2.31. The number of hydrogen-bond acceptors (Lipinski definition) is 5. The molecule has 2 aromatic carbocycles. The van der Waals surface area contributed by atoms with Crippen LogP contribution in [0.15, 0.2) is 59.8 Å². The molecule has 5 rings (SSSR count). The maximum Gasteiger partial charge on any atom is 0.226 e.